The molecule has 0 atom stereocenters. The number of hydrogen-bond acceptors (Lipinski definition) is 1. The summed E-state index contributed by atoms with van der Waals surface area (Å²) in [6.45, 7) is 0. The molecule has 0 saturated carbocycles. The van der Waals surface area contributed by atoms with Crippen LogP contribution in [0.1, 0.15) is 0 Å². The molecule has 1 aromatic heterocycles. The molecule has 0 aliphatic carbocycles. The number of nitrogens with zero attached hydrogens (tertiary/aromatic N) is 1. The lowest BCUT2D eigenvalue weighted by molar-refractivity contribution is 1.51. The van der Waals surface area contributed by atoms with E-state index < -0.39 is 0 Å². The van der Waals surface area contributed by atoms with Gasteiger partial charge in [0.1, 0.15) is 0 Å². The van der Waals surface area contributed by atoms with Gasteiger partial charge in [-0.1, -0.05) is 109 Å². The van der Waals surface area contributed by atoms with Crippen molar-refractivity contribution in [2.45, 2.75) is 0 Å². The van der Waals surface area contributed by atoms with Crippen molar-refractivity contribution in [1.29, 1.82) is 0 Å². The topological polar surface area (TPSA) is 12.9 Å². The third-order valence-corrected chi connectivity index (χ3v) is 6.83. The number of hydrogen-bond donors (Lipinski definition) is 0. The van der Waals surface area contributed by atoms with Crippen LogP contribution in [-0.4, -0.2) is 4.98 Å². The molecule has 34 heavy (non-hydrogen) atoms. The van der Waals surface area contributed by atoms with Gasteiger partial charge < -0.3 is 0 Å². The Morgan fingerprint density at radius 3 is 1.15 bits per heavy atom. The third kappa shape index (κ3) is 2.91. The molecule has 7 rings (SSSR count). The first-order chi connectivity index (χ1) is 16.9. The quantitative estimate of drug-likeness (QED) is 0.196. The zero-order valence-electron chi connectivity index (χ0n) is 18.6. The van der Waals surface area contributed by atoms with Crippen molar-refractivity contribution in [1.82, 2.24) is 4.98 Å². The zero-order valence-corrected chi connectivity index (χ0v) is 18.6. The van der Waals surface area contributed by atoms with Crippen molar-refractivity contribution < 1.29 is 0 Å². The van der Waals surface area contributed by atoms with E-state index in [4.69, 9.17) is 4.98 Å². The summed E-state index contributed by atoms with van der Waals surface area (Å²) in [6, 6.07) is 45.4. The van der Waals surface area contributed by atoms with Gasteiger partial charge in [0.25, 0.3) is 0 Å². The molecule has 0 fully saturated rings. The largest absolute Gasteiger partial charge is 0.248 e. The van der Waals surface area contributed by atoms with Crippen LogP contribution in [0.15, 0.2) is 127 Å². The Hall–Kier alpha value is -4.49. The van der Waals surface area contributed by atoms with Crippen LogP contribution in [0.3, 0.4) is 0 Å². The highest BCUT2D eigenvalue weighted by Gasteiger charge is 2.14. The van der Waals surface area contributed by atoms with E-state index in [2.05, 4.69) is 127 Å². The van der Waals surface area contributed by atoms with E-state index >= 15 is 0 Å². The van der Waals surface area contributed by atoms with Crippen molar-refractivity contribution in [3.63, 3.8) is 0 Å². The van der Waals surface area contributed by atoms with Crippen molar-refractivity contribution in [2.75, 3.05) is 0 Å². The van der Waals surface area contributed by atoms with Crippen molar-refractivity contribution >= 4 is 43.4 Å². The Morgan fingerprint density at radius 2 is 0.706 bits per heavy atom. The number of pyridine rings is 1. The Kier molecular flexibility index (Phi) is 4.22. The lowest BCUT2D eigenvalue weighted by Crippen LogP contribution is -1.90. The van der Waals surface area contributed by atoms with Gasteiger partial charge in [0.05, 0.1) is 11.0 Å². The third-order valence-electron chi connectivity index (χ3n) is 6.83. The molecule has 158 valence electrons. The van der Waals surface area contributed by atoms with E-state index in [9.17, 15) is 0 Å². The molecule has 1 heterocycles. The molecular weight excluding hydrogens is 410 g/mol. The smallest absolute Gasteiger partial charge is 0.0722 e. The minimum Gasteiger partial charge on any atom is -0.248 e. The van der Waals surface area contributed by atoms with Crippen LogP contribution in [0.2, 0.25) is 0 Å². The highest BCUT2D eigenvalue weighted by atomic mass is 14.7. The average molecular weight is 432 g/mol. The highest BCUT2D eigenvalue weighted by Crippen LogP contribution is 2.39. The van der Waals surface area contributed by atoms with E-state index in [0.29, 0.717) is 0 Å². The molecule has 0 aliphatic heterocycles. The fourth-order valence-corrected chi connectivity index (χ4v) is 5.24. The Balaban J connectivity index is 1.63. The SMILES string of the molecule is c1ccc(-c2cc3nc4cc(-c5ccccc5)c5ccccc5c4cc3c3ccccc23)cc1. The molecule has 0 unspecified atom stereocenters. The number of benzene rings is 6. The number of aromatic nitrogens is 1. The van der Waals surface area contributed by atoms with Gasteiger partial charge in [0.15, 0.2) is 0 Å². The van der Waals surface area contributed by atoms with Crippen LogP contribution in [0.4, 0.5) is 0 Å². The minimum absolute atomic E-state index is 1.03. The van der Waals surface area contributed by atoms with E-state index in [1.54, 1.807) is 0 Å². The summed E-state index contributed by atoms with van der Waals surface area (Å²) < 4.78 is 0. The lowest BCUT2D eigenvalue weighted by Gasteiger charge is -2.14. The van der Waals surface area contributed by atoms with Crippen molar-refractivity contribution in [3.05, 3.63) is 127 Å². The van der Waals surface area contributed by atoms with Gasteiger partial charge >= 0.3 is 0 Å². The highest BCUT2D eigenvalue weighted by molar-refractivity contribution is 6.20. The van der Waals surface area contributed by atoms with E-state index in [-0.39, 0.29) is 0 Å². The molecule has 0 N–H and O–H groups in total. The summed E-state index contributed by atoms with van der Waals surface area (Å²) in [7, 11) is 0. The van der Waals surface area contributed by atoms with E-state index in [1.165, 1.54) is 54.6 Å². The second-order valence-electron chi connectivity index (χ2n) is 8.79. The summed E-state index contributed by atoms with van der Waals surface area (Å²) in [5, 5.41) is 7.38. The van der Waals surface area contributed by atoms with Gasteiger partial charge in [0.2, 0.25) is 0 Å². The Labute approximate surface area is 197 Å². The molecule has 0 bridgehead atoms. The maximum absolute atomic E-state index is 5.25. The number of fused-ring (bicyclic) bond motifs is 6. The van der Waals surface area contributed by atoms with Crippen LogP contribution >= 0.6 is 0 Å². The maximum Gasteiger partial charge on any atom is 0.0722 e. The second kappa shape index (κ2) is 7.54. The van der Waals surface area contributed by atoms with Crippen LogP contribution in [0.25, 0.3) is 65.6 Å². The molecule has 1 nitrogen and oxygen atoms in total. The summed E-state index contributed by atoms with van der Waals surface area (Å²) in [6.07, 6.45) is 0. The molecule has 6 aromatic carbocycles. The summed E-state index contributed by atoms with van der Waals surface area (Å²) in [5.74, 6) is 0. The zero-order chi connectivity index (χ0) is 22.5. The molecule has 0 saturated heterocycles. The fraction of sp³-hybridized carbons (Fsp3) is 0. The van der Waals surface area contributed by atoms with Crippen molar-refractivity contribution in [2.24, 2.45) is 0 Å². The monoisotopic (exact) mass is 431 g/mol. The minimum atomic E-state index is 1.03. The molecule has 0 radical (unpaired) electrons. The predicted octanol–water partition coefficient (Wildman–Crippen LogP) is 9.03. The summed E-state index contributed by atoms with van der Waals surface area (Å²) in [4.78, 5) is 5.25. The number of rotatable bonds is 2. The summed E-state index contributed by atoms with van der Waals surface area (Å²) >= 11 is 0. The first kappa shape index (κ1) is 19.0. The molecular formula is C33H21N. The first-order valence-corrected chi connectivity index (χ1v) is 11.7. The molecule has 1 heteroatoms. The fourth-order valence-electron chi connectivity index (χ4n) is 5.24. The second-order valence-corrected chi connectivity index (χ2v) is 8.79. The van der Waals surface area contributed by atoms with Crippen LogP contribution in [0, 0.1) is 0 Å². The first-order valence-electron chi connectivity index (χ1n) is 11.7. The van der Waals surface area contributed by atoms with Gasteiger partial charge in [-0.05, 0) is 62.0 Å². The Morgan fingerprint density at radius 1 is 0.324 bits per heavy atom. The predicted molar refractivity (Wildman–Crippen MR) is 145 cm³/mol. The molecule has 0 amide bonds. The van der Waals surface area contributed by atoms with Gasteiger partial charge in [-0.2, -0.15) is 0 Å². The van der Waals surface area contributed by atoms with Gasteiger partial charge in [-0.25, -0.2) is 4.98 Å². The van der Waals surface area contributed by atoms with Gasteiger partial charge in [-0.3, -0.25) is 0 Å². The van der Waals surface area contributed by atoms with Crippen LogP contribution in [-0.2, 0) is 0 Å². The van der Waals surface area contributed by atoms with Crippen LogP contribution < -0.4 is 0 Å². The van der Waals surface area contributed by atoms with Gasteiger partial charge in [-0.15, -0.1) is 0 Å². The van der Waals surface area contributed by atoms with Crippen LogP contribution in [0.5, 0.6) is 0 Å². The summed E-state index contributed by atoms with van der Waals surface area (Å²) in [5.41, 5.74) is 6.93. The van der Waals surface area contributed by atoms with Gasteiger partial charge in [0, 0.05) is 10.8 Å². The maximum atomic E-state index is 5.25. The molecule has 0 spiro atoms. The van der Waals surface area contributed by atoms with Crippen molar-refractivity contribution in [3.8, 4) is 22.3 Å². The molecule has 0 aliphatic rings. The van der Waals surface area contributed by atoms with E-state index in [1.807, 2.05) is 0 Å². The molecule has 7 aromatic rings. The standard InChI is InChI=1S/C33H21N/c1-3-11-22(12-4-1)28-20-32-30(26-17-9-7-15-24(26)28)19-31-27-18-10-8-16-25(27)29(21-33(31)34-32)23-13-5-2-6-14-23/h1-21H. The lowest BCUT2D eigenvalue weighted by atomic mass is 9.92. The average Bonchev–Trinajstić information content (AvgIpc) is 2.92. The Bertz CT molecular complexity index is 1700. The normalized spacial score (nSPS) is 11.5. The van der Waals surface area contributed by atoms with E-state index in [0.717, 1.165) is 11.0 Å².